The summed E-state index contributed by atoms with van der Waals surface area (Å²) in [5, 5.41) is 0. The molecule has 0 N–H and O–H groups in total. The second-order valence-corrected chi connectivity index (χ2v) is 7.73. The van der Waals surface area contributed by atoms with Crippen LogP contribution in [-0.4, -0.2) is 25.8 Å². The van der Waals surface area contributed by atoms with E-state index in [1.807, 2.05) is 43.3 Å². The van der Waals surface area contributed by atoms with Crippen molar-refractivity contribution < 1.29 is 19.0 Å². The van der Waals surface area contributed by atoms with Crippen LogP contribution in [0.25, 0.3) is 0 Å². The van der Waals surface area contributed by atoms with Crippen LogP contribution in [-0.2, 0) is 14.9 Å². The highest BCUT2D eigenvalue weighted by Crippen LogP contribution is 2.33. The first kappa shape index (κ1) is 22.4. The lowest BCUT2D eigenvalue weighted by Crippen LogP contribution is -2.19. The third kappa shape index (κ3) is 6.61. The fourth-order valence-corrected chi connectivity index (χ4v) is 2.70. The smallest absolute Gasteiger partial charge is 0.195 e. The van der Waals surface area contributed by atoms with Gasteiger partial charge in [0.25, 0.3) is 0 Å². The normalized spacial score (nSPS) is 11.0. The predicted octanol–water partition coefficient (Wildman–Crippen LogP) is 5.47. The van der Waals surface area contributed by atoms with Gasteiger partial charge in [-0.15, -0.1) is 0 Å². The van der Waals surface area contributed by atoms with Gasteiger partial charge in [0.15, 0.2) is 19.2 Å². The van der Waals surface area contributed by atoms with Crippen molar-refractivity contribution >= 4 is 5.78 Å². The summed E-state index contributed by atoms with van der Waals surface area (Å²) < 4.78 is 16.5. The summed E-state index contributed by atoms with van der Waals surface area (Å²) in [5.41, 5.74) is 3.58. The van der Waals surface area contributed by atoms with Gasteiger partial charge in [0.1, 0.15) is 11.5 Å². The molecule has 0 bridgehead atoms. The van der Waals surface area contributed by atoms with Gasteiger partial charge in [-0.1, -0.05) is 56.8 Å². The van der Waals surface area contributed by atoms with Gasteiger partial charge in [-0.3, -0.25) is 4.79 Å². The van der Waals surface area contributed by atoms with Gasteiger partial charge in [-0.2, -0.15) is 0 Å². The summed E-state index contributed by atoms with van der Waals surface area (Å²) in [4.78, 5) is 11.6. The molecule has 2 aromatic rings. The Balaban J connectivity index is 1.99. The molecule has 4 nitrogen and oxygen atoms in total. The molecule has 0 aliphatic heterocycles. The molecule has 0 heterocycles. The van der Waals surface area contributed by atoms with Gasteiger partial charge < -0.3 is 14.2 Å². The van der Waals surface area contributed by atoms with Gasteiger partial charge in [-0.05, 0) is 54.8 Å². The molecule has 0 unspecified atom stereocenters. The highest BCUT2D eigenvalue weighted by molar-refractivity contribution is 5.95. The van der Waals surface area contributed by atoms with Crippen molar-refractivity contribution in [3.8, 4) is 11.5 Å². The van der Waals surface area contributed by atoms with Crippen LogP contribution < -0.4 is 9.47 Å². The Morgan fingerprint density at radius 3 is 1.76 bits per heavy atom. The molecule has 0 atom stereocenters. The van der Waals surface area contributed by atoms with Crippen molar-refractivity contribution in [3.05, 3.63) is 84.0 Å². The highest BCUT2D eigenvalue weighted by atomic mass is 16.7. The number of ketones is 1. The van der Waals surface area contributed by atoms with E-state index in [4.69, 9.17) is 14.2 Å². The second-order valence-electron chi connectivity index (χ2n) is 7.73. The molecule has 0 saturated heterocycles. The molecule has 2 rings (SSSR count). The van der Waals surface area contributed by atoms with Crippen LogP contribution in [0.1, 0.15) is 38.8 Å². The van der Waals surface area contributed by atoms with Crippen molar-refractivity contribution in [3.63, 3.8) is 0 Å². The summed E-state index contributed by atoms with van der Waals surface area (Å²) in [6.45, 7) is 16.1. The molecule has 2 aromatic carbocycles. The lowest BCUT2D eigenvalue weighted by atomic mass is 9.78. The molecule has 0 fully saturated rings. The predicted molar refractivity (Wildman–Crippen MR) is 117 cm³/mol. The maximum atomic E-state index is 11.6. The standard InChI is InChI=1S/C25H30O4/c1-18(2)15-27-17-29-23-13-9-21(10-14-23)25(5,6)20-7-11-22(12-8-20)28-16-24(26)19(3)4/h7-14H,1,3,15-17H2,2,4-6H3. The van der Waals surface area contributed by atoms with Crippen LogP contribution >= 0.6 is 0 Å². The second kappa shape index (κ2) is 10.1. The summed E-state index contributed by atoms with van der Waals surface area (Å²) in [7, 11) is 0. The minimum atomic E-state index is -0.193. The zero-order valence-corrected chi connectivity index (χ0v) is 17.8. The zero-order valence-electron chi connectivity index (χ0n) is 17.8. The van der Waals surface area contributed by atoms with Crippen LogP contribution in [0.5, 0.6) is 11.5 Å². The van der Waals surface area contributed by atoms with E-state index >= 15 is 0 Å². The SMILES string of the molecule is C=C(C)COCOc1ccc(C(C)(C)c2ccc(OCC(=O)C(=C)C)cc2)cc1. The molecule has 0 spiro atoms. The van der Waals surface area contributed by atoms with E-state index in [9.17, 15) is 4.79 Å². The van der Waals surface area contributed by atoms with Gasteiger partial charge in [0, 0.05) is 5.41 Å². The number of Topliss-reactive ketones (excluding diaryl/α,β-unsaturated/α-hetero) is 1. The Morgan fingerprint density at radius 1 is 0.828 bits per heavy atom. The Bertz CT molecular complexity index is 845. The first-order valence-electron chi connectivity index (χ1n) is 9.57. The summed E-state index contributed by atoms with van der Waals surface area (Å²) >= 11 is 0. The van der Waals surface area contributed by atoms with Crippen molar-refractivity contribution in [2.24, 2.45) is 0 Å². The molecule has 0 aliphatic carbocycles. The largest absolute Gasteiger partial charge is 0.485 e. The van der Waals surface area contributed by atoms with E-state index in [1.54, 1.807) is 6.92 Å². The van der Waals surface area contributed by atoms with E-state index in [0.29, 0.717) is 17.9 Å². The minimum absolute atomic E-state index is 0.00954. The number of benzene rings is 2. The van der Waals surface area contributed by atoms with E-state index in [-0.39, 0.29) is 24.6 Å². The van der Waals surface area contributed by atoms with Crippen molar-refractivity contribution in [2.75, 3.05) is 20.0 Å². The van der Waals surface area contributed by atoms with Crippen LogP contribution in [0.2, 0.25) is 0 Å². The number of hydrogen-bond acceptors (Lipinski definition) is 4. The molecule has 0 radical (unpaired) electrons. The van der Waals surface area contributed by atoms with E-state index in [1.165, 1.54) is 5.56 Å². The topological polar surface area (TPSA) is 44.8 Å². The van der Waals surface area contributed by atoms with Crippen LogP contribution in [0.15, 0.2) is 72.8 Å². The van der Waals surface area contributed by atoms with E-state index in [2.05, 4.69) is 39.1 Å². The van der Waals surface area contributed by atoms with Gasteiger partial charge in [0.05, 0.1) is 6.61 Å². The number of ether oxygens (including phenoxy) is 3. The Hall–Kier alpha value is -2.85. The quantitative estimate of drug-likeness (QED) is 0.220. The molecule has 0 aromatic heterocycles. The maximum absolute atomic E-state index is 11.6. The molecule has 0 amide bonds. The number of rotatable bonds is 11. The lowest BCUT2D eigenvalue weighted by Gasteiger charge is -2.26. The molecule has 154 valence electrons. The fourth-order valence-electron chi connectivity index (χ4n) is 2.70. The van der Waals surface area contributed by atoms with Gasteiger partial charge >= 0.3 is 0 Å². The maximum Gasteiger partial charge on any atom is 0.195 e. The van der Waals surface area contributed by atoms with Crippen LogP contribution in [0, 0.1) is 0 Å². The minimum Gasteiger partial charge on any atom is -0.485 e. The summed E-state index contributed by atoms with van der Waals surface area (Å²) in [6.07, 6.45) is 0. The highest BCUT2D eigenvalue weighted by Gasteiger charge is 2.23. The molecule has 0 saturated carbocycles. The van der Waals surface area contributed by atoms with Gasteiger partial charge in [0.2, 0.25) is 0 Å². The zero-order chi connectivity index (χ0) is 21.4. The molecule has 29 heavy (non-hydrogen) atoms. The Kier molecular flexibility index (Phi) is 7.80. The first-order valence-corrected chi connectivity index (χ1v) is 9.57. The van der Waals surface area contributed by atoms with Crippen molar-refractivity contribution in [1.29, 1.82) is 0 Å². The number of hydrogen-bond donors (Lipinski definition) is 0. The van der Waals surface area contributed by atoms with Crippen molar-refractivity contribution in [2.45, 2.75) is 33.1 Å². The fraction of sp³-hybridized carbons (Fsp3) is 0.320. The van der Waals surface area contributed by atoms with Gasteiger partial charge in [-0.25, -0.2) is 0 Å². The molecule has 4 heteroatoms. The average molecular weight is 395 g/mol. The third-order valence-corrected chi connectivity index (χ3v) is 4.66. The van der Waals surface area contributed by atoms with E-state index in [0.717, 1.165) is 16.9 Å². The lowest BCUT2D eigenvalue weighted by molar-refractivity contribution is -0.117. The number of carbonyl (C=O) groups is 1. The monoisotopic (exact) mass is 394 g/mol. The van der Waals surface area contributed by atoms with Crippen LogP contribution in [0.3, 0.4) is 0 Å². The summed E-state index contributed by atoms with van der Waals surface area (Å²) in [6, 6.07) is 15.8. The Morgan fingerprint density at radius 2 is 1.31 bits per heavy atom. The van der Waals surface area contributed by atoms with E-state index < -0.39 is 0 Å². The molecule has 0 aliphatic rings. The Labute approximate surface area is 173 Å². The van der Waals surface area contributed by atoms with Crippen molar-refractivity contribution in [1.82, 2.24) is 0 Å². The third-order valence-electron chi connectivity index (χ3n) is 4.66. The first-order chi connectivity index (χ1) is 13.7. The molecular formula is C25H30O4. The number of carbonyl (C=O) groups excluding carboxylic acids is 1. The van der Waals surface area contributed by atoms with Crippen LogP contribution in [0.4, 0.5) is 0 Å². The molecular weight excluding hydrogens is 364 g/mol. The average Bonchev–Trinajstić information content (AvgIpc) is 2.70. The summed E-state index contributed by atoms with van der Waals surface area (Å²) in [5.74, 6) is 1.33.